The molecule has 0 spiro atoms. The second-order valence-corrected chi connectivity index (χ2v) is 7.22. The van der Waals surface area contributed by atoms with Gasteiger partial charge in [0.2, 0.25) is 0 Å². The van der Waals surface area contributed by atoms with Crippen molar-refractivity contribution < 1.29 is 0 Å². The molecule has 0 bridgehead atoms. The molecule has 4 rings (SSSR count). The molecule has 2 heterocycles. The molecule has 8 heteroatoms. The number of unbranched alkanes of at least 4 members (excludes halogenated alkanes) is 1. The number of benzene rings is 1. The minimum absolute atomic E-state index is 0.0566. The second kappa shape index (κ2) is 6.95. The van der Waals surface area contributed by atoms with Gasteiger partial charge in [-0.3, -0.25) is 9.36 Å². The van der Waals surface area contributed by atoms with Gasteiger partial charge in [-0.15, -0.1) is 5.10 Å². The molecule has 1 fully saturated rings. The normalized spacial score (nSPS) is 14.3. The average molecular weight is 356 g/mol. The molecule has 0 amide bonds. The molecule has 0 N–H and O–H groups in total. The van der Waals surface area contributed by atoms with Crippen molar-refractivity contribution in [2.75, 3.05) is 0 Å². The van der Waals surface area contributed by atoms with Gasteiger partial charge in [-0.05, 0) is 41.8 Å². The summed E-state index contributed by atoms with van der Waals surface area (Å²) >= 11 is 1.54. The molecule has 7 nitrogen and oxygen atoms in total. The van der Waals surface area contributed by atoms with Crippen molar-refractivity contribution in [1.82, 2.24) is 29.8 Å². The maximum Gasteiger partial charge on any atom is 0.262 e. The van der Waals surface area contributed by atoms with Crippen molar-refractivity contribution in [3.05, 3.63) is 40.4 Å². The van der Waals surface area contributed by atoms with Gasteiger partial charge in [0.1, 0.15) is 0 Å². The summed E-state index contributed by atoms with van der Waals surface area (Å²) in [5.74, 6) is 1.43. The van der Waals surface area contributed by atoms with Crippen molar-refractivity contribution in [3.63, 3.8) is 0 Å². The van der Waals surface area contributed by atoms with Gasteiger partial charge in [-0.1, -0.05) is 37.2 Å². The third-order valence-corrected chi connectivity index (χ3v) is 5.30. The van der Waals surface area contributed by atoms with Gasteiger partial charge in [0, 0.05) is 12.6 Å². The second-order valence-electron chi connectivity index (χ2n) is 6.28. The summed E-state index contributed by atoms with van der Waals surface area (Å²) in [4.78, 5) is 17.6. The van der Waals surface area contributed by atoms with Gasteiger partial charge in [0.05, 0.1) is 16.7 Å². The van der Waals surface area contributed by atoms with Crippen molar-refractivity contribution in [2.45, 2.75) is 56.1 Å². The number of aromatic nitrogens is 6. The van der Waals surface area contributed by atoms with E-state index in [0.717, 1.165) is 48.7 Å². The van der Waals surface area contributed by atoms with E-state index in [9.17, 15) is 4.79 Å². The maximum absolute atomic E-state index is 12.9. The molecule has 1 aliphatic rings. The molecule has 1 aliphatic carbocycles. The van der Waals surface area contributed by atoms with Crippen LogP contribution in [0.2, 0.25) is 0 Å². The summed E-state index contributed by atoms with van der Waals surface area (Å²) in [5, 5.41) is 13.4. The van der Waals surface area contributed by atoms with E-state index in [1.54, 1.807) is 0 Å². The van der Waals surface area contributed by atoms with Crippen LogP contribution in [0, 0.1) is 0 Å². The van der Waals surface area contributed by atoms with E-state index >= 15 is 0 Å². The van der Waals surface area contributed by atoms with E-state index in [0.29, 0.717) is 11.1 Å². The molecular formula is C17H20N6OS. The van der Waals surface area contributed by atoms with Crippen LogP contribution in [0.15, 0.2) is 34.2 Å². The molecule has 2 aromatic heterocycles. The third kappa shape index (κ3) is 3.30. The molecule has 0 aliphatic heterocycles. The molecule has 3 aromatic rings. The SMILES string of the molecule is CCCCn1nnnc1CSc1nc2ccccc2c(=O)n1C1CC1. The smallest absolute Gasteiger partial charge is 0.262 e. The molecule has 0 atom stereocenters. The molecular weight excluding hydrogens is 336 g/mol. The highest BCUT2D eigenvalue weighted by atomic mass is 32.2. The fourth-order valence-electron chi connectivity index (χ4n) is 2.82. The predicted octanol–water partition coefficient (Wildman–Crippen LogP) is 2.81. The molecule has 0 saturated heterocycles. The first-order chi connectivity index (χ1) is 12.3. The van der Waals surface area contributed by atoms with Crippen molar-refractivity contribution in [3.8, 4) is 0 Å². The highest BCUT2D eigenvalue weighted by Gasteiger charge is 2.28. The van der Waals surface area contributed by atoms with E-state index in [4.69, 9.17) is 4.98 Å². The van der Waals surface area contributed by atoms with Crippen molar-refractivity contribution >= 4 is 22.7 Å². The lowest BCUT2D eigenvalue weighted by atomic mass is 10.2. The number of hydrogen-bond donors (Lipinski definition) is 0. The Bertz CT molecular complexity index is 946. The highest BCUT2D eigenvalue weighted by Crippen LogP contribution is 2.37. The van der Waals surface area contributed by atoms with Gasteiger partial charge in [-0.25, -0.2) is 9.67 Å². The van der Waals surface area contributed by atoms with Gasteiger partial charge < -0.3 is 0 Å². The molecule has 130 valence electrons. The number of tetrazole rings is 1. The van der Waals surface area contributed by atoms with Crippen LogP contribution < -0.4 is 5.56 Å². The number of rotatable bonds is 7. The predicted molar refractivity (Wildman–Crippen MR) is 96.6 cm³/mol. The number of fused-ring (bicyclic) bond motifs is 1. The molecule has 1 saturated carbocycles. The lowest BCUT2D eigenvalue weighted by Gasteiger charge is -2.12. The van der Waals surface area contributed by atoms with Gasteiger partial charge in [0.25, 0.3) is 5.56 Å². The number of thioether (sulfide) groups is 1. The Morgan fingerprint density at radius 2 is 2.12 bits per heavy atom. The standard InChI is InChI=1S/C17H20N6OS/c1-2-3-10-22-15(19-20-21-22)11-25-17-18-14-7-5-4-6-13(14)16(24)23(17)12-8-9-12/h4-7,12H,2-3,8-11H2,1H3. The Morgan fingerprint density at radius 1 is 1.28 bits per heavy atom. The molecule has 0 unspecified atom stereocenters. The fourth-order valence-corrected chi connectivity index (χ4v) is 3.82. The van der Waals surface area contributed by atoms with E-state index in [1.165, 1.54) is 11.8 Å². The topological polar surface area (TPSA) is 78.5 Å². The number of para-hydroxylation sites is 1. The van der Waals surface area contributed by atoms with E-state index in [-0.39, 0.29) is 11.6 Å². The summed E-state index contributed by atoms with van der Waals surface area (Å²) in [6.07, 6.45) is 4.23. The monoisotopic (exact) mass is 356 g/mol. The summed E-state index contributed by atoms with van der Waals surface area (Å²) < 4.78 is 3.70. The molecule has 25 heavy (non-hydrogen) atoms. The lowest BCUT2D eigenvalue weighted by molar-refractivity contribution is 0.540. The van der Waals surface area contributed by atoms with Crippen LogP contribution in [-0.4, -0.2) is 29.8 Å². The number of aryl methyl sites for hydroxylation is 1. The number of nitrogens with zero attached hydrogens (tertiary/aromatic N) is 6. The third-order valence-electron chi connectivity index (χ3n) is 4.35. The van der Waals surface area contributed by atoms with E-state index in [2.05, 4.69) is 22.4 Å². The average Bonchev–Trinajstić information content (AvgIpc) is 3.36. The highest BCUT2D eigenvalue weighted by molar-refractivity contribution is 7.98. The first-order valence-corrected chi connectivity index (χ1v) is 9.65. The van der Waals surface area contributed by atoms with E-state index in [1.807, 2.05) is 33.5 Å². The van der Waals surface area contributed by atoms with Gasteiger partial charge >= 0.3 is 0 Å². The molecule has 0 radical (unpaired) electrons. The quantitative estimate of drug-likeness (QED) is 0.478. The Labute approximate surface area is 149 Å². The lowest BCUT2D eigenvalue weighted by Crippen LogP contribution is -2.22. The van der Waals surface area contributed by atoms with Gasteiger partial charge in [-0.2, -0.15) is 0 Å². The van der Waals surface area contributed by atoms with Crippen LogP contribution in [0.5, 0.6) is 0 Å². The Kier molecular flexibility index (Phi) is 4.52. The summed E-state index contributed by atoms with van der Waals surface area (Å²) in [5.41, 5.74) is 0.804. The largest absolute Gasteiger partial charge is 0.284 e. The minimum atomic E-state index is 0.0566. The minimum Gasteiger partial charge on any atom is -0.284 e. The zero-order valence-electron chi connectivity index (χ0n) is 14.1. The zero-order chi connectivity index (χ0) is 17.2. The first-order valence-electron chi connectivity index (χ1n) is 8.67. The fraction of sp³-hybridized carbons (Fsp3) is 0.471. The van der Waals surface area contributed by atoms with Crippen molar-refractivity contribution in [2.24, 2.45) is 0 Å². The Hall–Kier alpha value is -2.22. The van der Waals surface area contributed by atoms with Gasteiger partial charge in [0.15, 0.2) is 11.0 Å². The molecule has 1 aromatic carbocycles. The first kappa shape index (κ1) is 16.3. The van der Waals surface area contributed by atoms with Crippen LogP contribution in [0.4, 0.5) is 0 Å². The Balaban J connectivity index is 1.64. The van der Waals surface area contributed by atoms with Crippen LogP contribution >= 0.6 is 11.8 Å². The maximum atomic E-state index is 12.9. The number of hydrogen-bond acceptors (Lipinski definition) is 6. The Morgan fingerprint density at radius 3 is 2.92 bits per heavy atom. The van der Waals surface area contributed by atoms with Crippen LogP contribution in [-0.2, 0) is 12.3 Å². The summed E-state index contributed by atoms with van der Waals surface area (Å²) in [7, 11) is 0. The zero-order valence-corrected chi connectivity index (χ0v) is 14.9. The van der Waals surface area contributed by atoms with Crippen LogP contribution in [0.1, 0.15) is 44.5 Å². The van der Waals surface area contributed by atoms with Crippen molar-refractivity contribution in [1.29, 1.82) is 0 Å². The van der Waals surface area contributed by atoms with E-state index < -0.39 is 0 Å². The summed E-state index contributed by atoms with van der Waals surface area (Å²) in [6.45, 7) is 2.96. The van der Waals surface area contributed by atoms with Crippen LogP contribution in [0.3, 0.4) is 0 Å². The van der Waals surface area contributed by atoms with Crippen LogP contribution in [0.25, 0.3) is 10.9 Å². The summed E-state index contributed by atoms with van der Waals surface area (Å²) in [6, 6.07) is 7.82.